The second-order valence-electron chi connectivity index (χ2n) is 7.01. The molecule has 2 fully saturated rings. The molecule has 2 atom stereocenters. The summed E-state index contributed by atoms with van der Waals surface area (Å²) >= 11 is 0. The molecule has 2 saturated carbocycles. The Hall–Kier alpha value is -0.570. The van der Waals surface area contributed by atoms with Gasteiger partial charge in [0.05, 0.1) is 5.41 Å². The Morgan fingerprint density at radius 3 is 2.45 bits per heavy atom. The summed E-state index contributed by atoms with van der Waals surface area (Å²) in [4.78, 5) is 12.8. The van der Waals surface area contributed by atoms with Crippen LogP contribution in [0, 0.1) is 11.3 Å². The van der Waals surface area contributed by atoms with Gasteiger partial charge in [0.25, 0.3) is 0 Å². The van der Waals surface area contributed by atoms with E-state index in [4.69, 9.17) is 5.73 Å². The molecule has 3 heteroatoms. The standard InChI is InChI=1S/C17H32N2O/c1-2-14-8-7-9-15(12-14)19-16(20)17(13-18)10-5-3-4-6-11-17/h14-15H,2-13,18H2,1H3,(H,19,20). The molecule has 1 amide bonds. The first-order valence-electron chi connectivity index (χ1n) is 8.71. The summed E-state index contributed by atoms with van der Waals surface area (Å²) in [6.45, 7) is 2.78. The Balaban J connectivity index is 1.94. The molecule has 2 aliphatic rings. The van der Waals surface area contributed by atoms with E-state index in [1.54, 1.807) is 0 Å². The first-order valence-corrected chi connectivity index (χ1v) is 8.71. The maximum Gasteiger partial charge on any atom is 0.227 e. The number of hydrogen-bond acceptors (Lipinski definition) is 2. The third-order valence-electron chi connectivity index (χ3n) is 5.63. The largest absolute Gasteiger partial charge is 0.353 e. The summed E-state index contributed by atoms with van der Waals surface area (Å²) in [5, 5.41) is 3.35. The molecule has 3 N–H and O–H groups in total. The molecule has 0 aromatic rings. The van der Waals surface area contributed by atoms with Gasteiger partial charge < -0.3 is 11.1 Å². The fourth-order valence-electron chi connectivity index (χ4n) is 4.06. The highest BCUT2D eigenvalue weighted by atomic mass is 16.2. The van der Waals surface area contributed by atoms with Crippen LogP contribution in [0.3, 0.4) is 0 Å². The van der Waals surface area contributed by atoms with E-state index in [1.165, 1.54) is 38.5 Å². The number of amides is 1. The van der Waals surface area contributed by atoms with E-state index in [1.807, 2.05) is 0 Å². The van der Waals surface area contributed by atoms with E-state index < -0.39 is 0 Å². The van der Waals surface area contributed by atoms with E-state index in [0.717, 1.165) is 38.0 Å². The van der Waals surface area contributed by atoms with E-state index in [0.29, 0.717) is 12.6 Å². The Bertz CT molecular complexity index is 308. The quantitative estimate of drug-likeness (QED) is 0.776. The van der Waals surface area contributed by atoms with Crippen LogP contribution in [0.1, 0.15) is 77.6 Å². The smallest absolute Gasteiger partial charge is 0.227 e. The van der Waals surface area contributed by atoms with Crippen molar-refractivity contribution in [2.75, 3.05) is 6.54 Å². The average Bonchev–Trinajstić information content (AvgIpc) is 2.74. The lowest BCUT2D eigenvalue weighted by molar-refractivity contribution is -0.132. The maximum absolute atomic E-state index is 12.8. The molecule has 2 aliphatic carbocycles. The summed E-state index contributed by atoms with van der Waals surface area (Å²) in [7, 11) is 0. The van der Waals surface area contributed by atoms with Crippen LogP contribution in [-0.4, -0.2) is 18.5 Å². The average molecular weight is 280 g/mol. The van der Waals surface area contributed by atoms with Crippen LogP contribution in [0.15, 0.2) is 0 Å². The third kappa shape index (κ3) is 3.75. The molecule has 0 heterocycles. The van der Waals surface area contributed by atoms with Crippen molar-refractivity contribution >= 4 is 5.91 Å². The van der Waals surface area contributed by atoms with Crippen LogP contribution < -0.4 is 11.1 Å². The Morgan fingerprint density at radius 2 is 1.85 bits per heavy atom. The molecule has 116 valence electrons. The first-order chi connectivity index (χ1) is 9.70. The lowest BCUT2D eigenvalue weighted by Gasteiger charge is -2.35. The lowest BCUT2D eigenvalue weighted by Crippen LogP contribution is -2.50. The number of nitrogens with two attached hydrogens (primary N) is 1. The van der Waals surface area contributed by atoms with Crippen molar-refractivity contribution < 1.29 is 4.79 Å². The van der Waals surface area contributed by atoms with E-state index in [-0.39, 0.29) is 11.3 Å². The number of nitrogens with one attached hydrogen (secondary N) is 1. The van der Waals surface area contributed by atoms with Crippen LogP contribution in [-0.2, 0) is 4.79 Å². The van der Waals surface area contributed by atoms with Gasteiger partial charge >= 0.3 is 0 Å². The Morgan fingerprint density at radius 1 is 1.15 bits per heavy atom. The molecule has 2 unspecified atom stereocenters. The molecular formula is C17H32N2O. The number of carbonyl (C=O) groups is 1. The van der Waals surface area contributed by atoms with Crippen LogP contribution in [0.4, 0.5) is 0 Å². The van der Waals surface area contributed by atoms with Gasteiger partial charge in [0, 0.05) is 12.6 Å². The minimum Gasteiger partial charge on any atom is -0.353 e. The molecule has 0 radical (unpaired) electrons. The molecule has 0 aromatic heterocycles. The third-order valence-corrected chi connectivity index (χ3v) is 5.63. The van der Waals surface area contributed by atoms with Crippen LogP contribution in [0.2, 0.25) is 0 Å². The summed E-state index contributed by atoms with van der Waals surface area (Å²) in [6.07, 6.45) is 13.0. The molecule has 0 saturated heterocycles. The molecule has 0 bridgehead atoms. The van der Waals surface area contributed by atoms with Gasteiger partial charge in [-0.1, -0.05) is 51.9 Å². The lowest BCUT2D eigenvalue weighted by atomic mass is 9.78. The maximum atomic E-state index is 12.8. The highest BCUT2D eigenvalue weighted by molar-refractivity contribution is 5.83. The van der Waals surface area contributed by atoms with Crippen molar-refractivity contribution in [2.24, 2.45) is 17.1 Å². The van der Waals surface area contributed by atoms with Crippen molar-refractivity contribution in [3.63, 3.8) is 0 Å². The highest BCUT2D eigenvalue weighted by Gasteiger charge is 2.38. The number of hydrogen-bond donors (Lipinski definition) is 2. The van der Waals surface area contributed by atoms with Gasteiger partial charge in [-0.15, -0.1) is 0 Å². The van der Waals surface area contributed by atoms with Crippen molar-refractivity contribution in [3.8, 4) is 0 Å². The fourth-order valence-corrected chi connectivity index (χ4v) is 4.06. The minimum absolute atomic E-state index is 0.253. The Labute approximate surface area is 124 Å². The topological polar surface area (TPSA) is 55.1 Å². The molecule has 2 rings (SSSR count). The van der Waals surface area contributed by atoms with E-state index in [2.05, 4.69) is 12.2 Å². The second-order valence-corrected chi connectivity index (χ2v) is 7.01. The molecule has 3 nitrogen and oxygen atoms in total. The van der Waals surface area contributed by atoms with Gasteiger partial charge in [0.2, 0.25) is 5.91 Å². The van der Waals surface area contributed by atoms with Gasteiger partial charge in [0.1, 0.15) is 0 Å². The van der Waals surface area contributed by atoms with Gasteiger partial charge in [-0.25, -0.2) is 0 Å². The van der Waals surface area contributed by atoms with Crippen LogP contribution >= 0.6 is 0 Å². The van der Waals surface area contributed by atoms with Crippen molar-refractivity contribution in [3.05, 3.63) is 0 Å². The zero-order valence-corrected chi connectivity index (χ0v) is 13.1. The molecule has 0 aromatic carbocycles. The molecule has 20 heavy (non-hydrogen) atoms. The number of rotatable bonds is 4. The Kier molecular flexibility index (Phi) is 5.88. The zero-order valence-electron chi connectivity index (χ0n) is 13.1. The summed E-state index contributed by atoms with van der Waals surface area (Å²) in [5.74, 6) is 1.06. The van der Waals surface area contributed by atoms with Crippen molar-refractivity contribution in [2.45, 2.75) is 83.6 Å². The van der Waals surface area contributed by atoms with Gasteiger partial charge in [0.15, 0.2) is 0 Å². The van der Waals surface area contributed by atoms with Crippen LogP contribution in [0.25, 0.3) is 0 Å². The predicted octanol–water partition coefficient (Wildman–Crippen LogP) is 3.37. The molecule has 0 aliphatic heterocycles. The van der Waals surface area contributed by atoms with Gasteiger partial charge in [-0.05, 0) is 31.6 Å². The summed E-state index contributed by atoms with van der Waals surface area (Å²) in [5.41, 5.74) is 5.74. The van der Waals surface area contributed by atoms with Crippen molar-refractivity contribution in [1.82, 2.24) is 5.32 Å². The normalized spacial score (nSPS) is 30.5. The van der Waals surface area contributed by atoms with Gasteiger partial charge in [-0.3, -0.25) is 4.79 Å². The summed E-state index contributed by atoms with van der Waals surface area (Å²) in [6, 6.07) is 0.396. The highest BCUT2D eigenvalue weighted by Crippen LogP contribution is 2.35. The van der Waals surface area contributed by atoms with E-state index >= 15 is 0 Å². The second kappa shape index (κ2) is 7.44. The fraction of sp³-hybridized carbons (Fsp3) is 0.941. The van der Waals surface area contributed by atoms with Gasteiger partial charge in [-0.2, -0.15) is 0 Å². The zero-order chi connectivity index (χ0) is 14.4. The first kappa shape index (κ1) is 15.8. The van der Waals surface area contributed by atoms with Crippen molar-refractivity contribution in [1.29, 1.82) is 0 Å². The van der Waals surface area contributed by atoms with Crippen LogP contribution in [0.5, 0.6) is 0 Å². The number of carbonyl (C=O) groups excluding carboxylic acids is 1. The van der Waals surface area contributed by atoms with E-state index in [9.17, 15) is 4.79 Å². The SMILES string of the molecule is CCC1CCCC(NC(=O)C2(CN)CCCCCC2)C1. The minimum atomic E-state index is -0.268. The predicted molar refractivity (Wildman–Crippen MR) is 83.4 cm³/mol. The monoisotopic (exact) mass is 280 g/mol. The summed E-state index contributed by atoms with van der Waals surface area (Å²) < 4.78 is 0. The molecular weight excluding hydrogens is 248 g/mol. The molecule has 0 spiro atoms.